The number of thiophene rings is 1. The van der Waals surface area contributed by atoms with Crippen LogP contribution < -0.4 is 10.6 Å². The van der Waals surface area contributed by atoms with Crippen molar-refractivity contribution < 1.29 is 9.53 Å². The van der Waals surface area contributed by atoms with Gasteiger partial charge in [-0.05, 0) is 30.9 Å². The van der Waals surface area contributed by atoms with Crippen LogP contribution in [0.1, 0.15) is 47.1 Å². The molecule has 2 fully saturated rings. The lowest BCUT2D eigenvalue weighted by Crippen LogP contribution is -2.45. The van der Waals surface area contributed by atoms with Crippen molar-refractivity contribution in [2.75, 3.05) is 31.6 Å². The molecule has 1 unspecified atom stereocenters. The molecule has 1 atom stereocenters. The molecule has 0 saturated carbocycles. The zero-order valence-electron chi connectivity index (χ0n) is 17.4. The minimum atomic E-state index is -0.0783. The lowest BCUT2D eigenvalue weighted by molar-refractivity contribution is -0.119. The Morgan fingerprint density at radius 2 is 2.13 bits per heavy atom. The summed E-state index contributed by atoms with van der Waals surface area (Å²) in [6.07, 6.45) is 8.53. The van der Waals surface area contributed by atoms with Gasteiger partial charge in [-0.15, -0.1) is 11.3 Å². The van der Waals surface area contributed by atoms with Gasteiger partial charge in [0, 0.05) is 66.7 Å². The van der Waals surface area contributed by atoms with Crippen LogP contribution in [0.25, 0.3) is 0 Å². The summed E-state index contributed by atoms with van der Waals surface area (Å²) in [6, 6.07) is 2.48. The van der Waals surface area contributed by atoms with Crippen molar-refractivity contribution in [3.8, 4) is 0 Å². The van der Waals surface area contributed by atoms with Gasteiger partial charge >= 0.3 is 0 Å². The Labute approximate surface area is 181 Å². The molecule has 5 rings (SSSR count). The zero-order valence-corrected chi connectivity index (χ0v) is 18.3. The fraction of sp³-hybridized carbons (Fsp3) is 0.591. The number of amides is 1. The molecule has 3 aliphatic heterocycles. The van der Waals surface area contributed by atoms with E-state index in [4.69, 9.17) is 4.74 Å². The topological polar surface area (TPSA) is 79.4 Å². The molecule has 0 aromatic carbocycles. The van der Waals surface area contributed by atoms with Gasteiger partial charge in [0.1, 0.15) is 0 Å². The van der Waals surface area contributed by atoms with E-state index in [0.717, 1.165) is 57.5 Å². The SMILES string of the molecule is CCc1cc2c(s1)CCOC21CCN(Cc2cnc(NC3CNC(=O)C3)nc2)CC1. The average Bonchev–Trinajstić information content (AvgIpc) is 3.38. The molecule has 0 radical (unpaired) electrons. The van der Waals surface area contributed by atoms with Crippen LogP contribution in [0.4, 0.5) is 5.95 Å². The van der Waals surface area contributed by atoms with Crippen molar-refractivity contribution in [3.05, 3.63) is 39.3 Å². The van der Waals surface area contributed by atoms with Crippen LogP contribution in [0.3, 0.4) is 0 Å². The van der Waals surface area contributed by atoms with E-state index in [0.29, 0.717) is 18.9 Å². The van der Waals surface area contributed by atoms with Gasteiger partial charge in [-0.3, -0.25) is 9.69 Å². The van der Waals surface area contributed by atoms with Crippen molar-refractivity contribution in [3.63, 3.8) is 0 Å². The Bertz CT molecular complexity index is 905. The third-order valence-electron chi connectivity index (χ3n) is 6.49. The number of carbonyl (C=O) groups is 1. The summed E-state index contributed by atoms with van der Waals surface area (Å²) < 4.78 is 6.39. The van der Waals surface area contributed by atoms with E-state index in [-0.39, 0.29) is 17.6 Å². The summed E-state index contributed by atoms with van der Waals surface area (Å²) >= 11 is 1.98. The van der Waals surface area contributed by atoms with Crippen LogP contribution >= 0.6 is 11.3 Å². The monoisotopic (exact) mass is 427 g/mol. The first kappa shape index (κ1) is 19.9. The number of aryl methyl sites for hydroxylation is 1. The average molecular weight is 428 g/mol. The molecule has 2 N–H and O–H groups in total. The summed E-state index contributed by atoms with van der Waals surface area (Å²) in [5, 5.41) is 6.04. The van der Waals surface area contributed by atoms with Gasteiger partial charge in [-0.1, -0.05) is 6.92 Å². The van der Waals surface area contributed by atoms with E-state index in [1.54, 1.807) is 4.88 Å². The van der Waals surface area contributed by atoms with Crippen molar-refractivity contribution in [2.45, 2.75) is 57.2 Å². The lowest BCUT2D eigenvalue weighted by atomic mass is 9.82. The molecular weight excluding hydrogens is 398 g/mol. The Hall–Kier alpha value is -2.03. The van der Waals surface area contributed by atoms with Crippen LogP contribution in [0.5, 0.6) is 0 Å². The molecule has 30 heavy (non-hydrogen) atoms. The van der Waals surface area contributed by atoms with E-state index < -0.39 is 0 Å². The maximum absolute atomic E-state index is 11.3. The Morgan fingerprint density at radius 3 is 2.83 bits per heavy atom. The number of hydrogen-bond donors (Lipinski definition) is 2. The van der Waals surface area contributed by atoms with E-state index in [1.807, 2.05) is 23.7 Å². The van der Waals surface area contributed by atoms with Crippen molar-refractivity contribution in [1.29, 1.82) is 0 Å². The maximum atomic E-state index is 11.3. The molecule has 160 valence electrons. The number of nitrogens with zero attached hydrogens (tertiary/aromatic N) is 3. The highest BCUT2D eigenvalue weighted by atomic mass is 32.1. The fourth-order valence-corrected chi connectivity index (χ4v) is 5.97. The van der Waals surface area contributed by atoms with Crippen molar-refractivity contribution in [1.82, 2.24) is 20.2 Å². The molecule has 2 aromatic rings. The van der Waals surface area contributed by atoms with E-state index >= 15 is 0 Å². The highest BCUT2D eigenvalue weighted by Gasteiger charge is 2.41. The number of aromatic nitrogens is 2. The van der Waals surface area contributed by atoms with Crippen molar-refractivity contribution >= 4 is 23.2 Å². The second-order valence-electron chi connectivity index (χ2n) is 8.54. The fourth-order valence-electron chi connectivity index (χ4n) is 4.79. The molecule has 3 aliphatic rings. The van der Waals surface area contributed by atoms with E-state index in [9.17, 15) is 4.79 Å². The molecule has 0 bridgehead atoms. The van der Waals surface area contributed by atoms with Gasteiger partial charge in [0.15, 0.2) is 0 Å². The summed E-state index contributed by atoms with van der Waals surface area (Å²) in [4.78, 5) is 25.7. The predicted octanol–water partition coefficient (Wildman–Crippen LogP) is 2.46. The highest BCUT2D eigenvalue weighted by Crippen LogP contribution is 2.44. The van der Waals surface area contributed by atoms with Gasteiger partial charge in [0.2, 0.25) is 11.9 Å². The van der Waals surface area contributed by atoms with Gasteiger partial charge < -0.3 is 15.4 Å². The molecule has 7 nitrogen and oxygen atoms in total. The van der Waals surface area contributed by atoms with E-state index in [1.165, 1.54) is 10.4 Å². The number of fused-ring (bicyclic) bond motifs is 2. The lowest BCUT2D eigenvalue weighted by Gasteiger charge is -2.44. The van der Waals surface area contributed by atoms with Gasteiger partial charge in [0.05, 0.1) is 18.2 Å². The maximum Gasteiger partial charge on any atom is 0.222 e. The number of rotatable bonds is 5. The number of piperidine rings is 1. The molecule has 1 amide bonds. The van der Waals surface area contributed by atoms with Gasteiger partial charge in [-0.25, -0.2) is 9.97 Å². The van der Waals surface area contributed by atoms with Gasteiger partial charge in [-0.2, -0.15) is 0 Å². The summed E-state index contributed by atoms with van der Waals surface area (Å²) in [5.74, 6) is 0.666. The van der Waals surface area contributed by atoms with Crippen molar-refractivity contribution in [2.24, 2.45) is 0 Å². The molecular formula is C22H29N5O2S. The first-order chi connectivity index (χ1) is 14.6. The number of anilines is 1. The Morgan fingerprint density at radius 1 is 1.33 bits per heavy atom. The second-order valence-corrected chi connectivity index (χ2v) is 9.76. The predicted molar refractivity (Wildman–Crippen MR) is 117 cm³/mol. The Kier molecular flexibility index (Phi) is 5.47. The normalized spacial score (nSPS) is 23.4. The first-order valence-corrected chi connectivity index (χ1v) is 11.8. The molecule has 8 heteroatoms. The molecule has 1 spiro atoms. The summed E-state index contributed by atoms with van der Waals surface area (Å²) in [7, 11) is 0. The number of hydrogen-bond acceptors (Lipinski definition) is 7. The largest absolute Gasteiger partial charge is 0.370 e. The number of ether oxygens (including phenoxy) is 1. The Balaban J connectivity index is 1.18. The quantitative estimate of drug-likeness (QED) is 0.763. The highest BCUT2D eigenvalue weighted by molar-refractivity contribution is 7.12. The van der Waals surface area contributed by atoms with Crippen LogP contribution in [0, 0.1) is 0 Å². The number of nitrogens with one attached hydrogen (secondary N) is 2. The van der Waals surface area contributed by atoms with Gasteiger partial charge in [0.25, 0.3) is 0 Å². The minimum Gasteiger partial charge on any atom is -0.370 e. The number of likely N-dealkylation sites (tertiary alicyclic amines) is 1. The minimum absolute atomic E-state index is 0.0762. The molecule has 0 aliphatic carbocycles. The standard InChI is InChI=1S/C22H29N5O2S/c1-2-17-10-18-19(30-17)3-8-29-22(18)4-6-27(7-5-22)14-15-11-24-21(25-12-15)26-16-9-20(28)23-13-16/h10-12,16H,2-9,13-14H2,1H3,(H,23,28)(H,24,25,26). The van der Waals surface area contributed by atoms with Crippen LogP contribution in [0.15, 0.2) is 18.5 Å². The molecule has 2 aromatic heterocycles. The molecule has 5 heterocycles. The van der Waals surface area contributed by atoms with E-state index in [2.05, 4.69) is 38.5 Å². The van der Waals surface area contributed by atoms with Crippen LogP contribution in [-0.4, -0.2) is 53.1 Å². The van der Waals surface area contributed by atoms with Crippen LogP contribution in [0.2, 0.25) is 0 Å². The third kappa shape index (κ3) is 3.96. The smallest absolute Gasteiger partial charge is 0.222 e. The third-order valence-corrected chi connectivity index (χ3v) is 7.83. The first-order valence-electron chi connectivity index (χ1n) is 11.0. The number of carbonyl (C=O) groups excluding carboxylic acids is 1. The summed E-state index contributed by atoms with van der Waals surface area (Å²) in [5.41, 5.74) is 2.51. The summed E-state index contributed by atoms with van der Waals surface area (Å²) in [6.45, 7) is 6.62. The van der Waals surface area contributed by atoms with Crippen LogP contribution in [-0.2, 0) is 34.5 Å². The zero-order chi connectivity index (χ0) is 20.6. The molecule has 2 saturated heterocycles. The second kappa shape index (κ2) is 8.24.